The Morgan fingerprint density at radius 3 is 2.13 bits per heavy atom. The Kier molecular flexibility index (Phi) is 5.74. The fraction of sp³-hybridized carbons (Fsp3) is 0.800. The van der Waals surface area contributed by atoms with Crippen molar-refractivity contribution in [3.8, 4) is 0 Å². The van der Waals surface area contributed by atoms with Crippen LogP contribution in [0.1, 0.15) is 27.7 Å². The van der Waals surface area contributed by atoms with Gasteiger partial charge in [0.1, 0.15) is 0 Å². The lowest BCUT2D eigenvalue weighted by Gasteiger charge is -2.18. The molecule has 0 aromatic carbocycles. The van der Waals surface area contributed by atoms with Crippen molar-refractivity contribution in [3.05, 3.63) is 0 Å². The van der Waals surface area contributed by atoms with E-state index in [9.17, 15) is 9.59 Å². The van der Waals surface area contributed by atoms with Crippen molar-refractivity contribution in [2.45, 2.75) is 33.7 Å². The lowest BCUT2D eigenvalue weighted by atomic mass is 10.1. The highest BCUT2D eigenvalue weighted by Gasteiger charge is 2.14. The highest BCUT2D eigenvalue weighted by atomic mass is 16.4. The van der Waals surface area contributed by atoms with E-state index in [0.717, 1.165) is 0 Å². The number of hydrogen-bond acceptors (Lipinski definition) is 2. The highest BCUT2D eigenvalue weighted by molar-refractivity contribution is 5.75. The van der Waals surface area contributed by atoms with Gasteiger partial charge in [0.25, 0.3) is 0 Å². The summed E-state index contributed by atoms with van der Waals surface area (Å²) in [5.74, 6) is -1.12. The third-order valence-corrected chi connectivity index (χ3v) is 2.35. The topological polar surface area (TPSA) is 78.4 Å². The first-order valence-corrected chi connectivity index (χ1v) is 5.11. The van der Waals surface area contributed by atoms with E-state index in [0.29, 0.717) is 5.92 Å². The maximum atomic E-state index is 11.3. The zero-order valence-corrected chi connectivity index (χ0v) is 9.70. The lowest BCUT2D eigenvalue weighted by Crippen LogP contribution is -2.44. The van der Waals surface area contributed by atoms with E-state index in [-0.39, 0.29) is 18.6 Å². The van der Waals surface area contributed by atoms with Gasteiger partial charge >= 0.3 is 12.0 Å². The SMILES string of the molecule is CC(CNC(=O)NC(C)C(C)C)C(=O)O. The second kappa shape index (κ2) is 6.27. The minimum Gasteiger partial charge on any atom is -0.481 e. The molecule has 2 atom stereocenters. The number of aliphatic carboxylic acids is 1. The number of urea groups is 1. The van der Waals surface area contributed by atoms with E-state index in [1.54, 1.807) is 6.92 Å². The van der Waals surface area contributed by atoms with Gasteiger partial charge in [0.05, 0.1) is 5.92 Å². The predicted octanol–water partition coefficient (Wildman–Crippen LogP) is 1.05. The number of carbonyl (C=O) groups is 2. The number of rotatable bonds is 5. The molecule has 0 radical (unpaired) electrons. The largest absolute Gasteiger partial charge is 0.481 e. The molecule has 0 aliphatic heterocycles. The van der Waals surface area contributed by atoms with Gasteiger partial charge in [0.2, 0.25) is 0 Å². The Bertz CT molecular complexity index is 229. The van der Waals surface area contributed by atoms with Crippen LogP contribution in [-0.4, -0.2) is 29.7 Å². The van der Waals surface area contributed by atoms with Crippen molar-refractivity contribution >= 4 is 12.0 Å². The molecule has 0 saturated carbocycles. The number of nitrogens with one attached hydrogen (secondary N) is 2. The molecule has 0 aromatic rings. The molecule has 0 spiro atoms. The van der Waals surface area contributed by atoms with E-state index >= 15 is 0 Å². The average Bonchev–Trinajstić information content (AvgIpc) is 2.13. The maximum Gasteiger partial charge on any atom is 0.315 e. The van der Waals surface area contributed by atoms with Gasteiger partial charge in [-0.25, -0.2) is 4.79 Å². The summed E-state index contributed by atoms with van der Waals surface area (Å²) in [6.07, 6.45) is 0. The van der Waals surface area contributed by atoms with E-state index < -0.39 is 11.9 Å². The number of carboxylic acid groups (broad SMARTS) is 1. The summed E-state index contributed by atoms with van der Waals surface area (Å²) in [5.41, 5.74) is 0. The number of carboxylic acids is 1. The molecule has 0 bridgehead atoms. The summed E-state index contributed by atoms with van der Waals surface area (Å²) in [5, 5.41) is 13.8. The molecular formula is C10H20N2O3. The van der Waals surface area contributed by atoms with Gasteiger partial charge in [-0.2, -0.15) is 0 Å². The molecular weight excluding hydrogens is 196 g/mol. The van der Waals surface area contributed by atoms with Crippen LogP contribution in [-0.2, 0) is 4.79 Å². The number of hydrogen-bond donors (Lipinski definition) is 3. The summed E-state index contributed by atoms with van der Waals surface area (Å²) in [7, 11) is 0. The first kappa shape index (κ1) is 13.7. The van der Waals surface area contributed by atoms with Gasteiger partial charge in [0, 0.05) is 12.6 Å². The molecule has 3 N–H and O–H groups in total. The van der Waals surface area contributed by atoms with Crippen LogP contribution in [0.25, 0.3) is 0 Å². The minimum absolute atomic E-state index is 0.0742. The molecule has 0 heterocycles. The van der Waals surface area contributed by atoms with Gasteiger partial charge < -0.3 is 15.7 Å². The third kappa shape index (κ3) is 5.93. The Morgan fingerprint density at radius 1 is 1.20 bits per heavy atom. The van der Waals surface area contributed by atoms with Crippen molar-refractivity contribution in [1.29, 1.82) is 0 Å². The van der Waals surface area contributed by atoms with Crippen LogP contribution < -0.4 is 10.6 Å². The lowest BCUT2D eigenvalue weighted by molar-refractivity contribution is -0.140. The van der Waals surface area contributed by atoms with Crippen molar-refractivity contribution in [2.24, 2.45) is 11.8 Å². The predicted molar refractivity (Wildman–Crippen MR) is 57.6 cm³/mol. The molecule has 0 aliphatic carbocycles. The summed E-state index contributed by atoms with van der Waals surface area (Å²) in [4.78, 5) is 21.7. The summed E-state index contributed by atoms with van der Waals surface area (Å²) in [6.45, 7) is 7.61. The molecule has 0 aromatic heterocycles. The van der Waals surface area contributed by atoms with E-state index in [4.69, 9.17) is 5.11 Å². The smallest absolute Gasteiger partial charge is 0.315 e. The quantitative estimate of drug-likeness (QED) is 0.642. The molecule has 0 saturated heterocycles. The first-order valence-electron chi connectivity index (χ1n) is 5.11. The fourth-order valence-electron chi connectivity index (χ4n) is 0.758. The van der Waals surface area contributed by atoms with Gasteiger partial charge in [0.15, 0.2) is 0 Å². The molecule has 0 aliphatic rings. The van der Waals surface area contributed by atoms with Crippen molar-refractivity contribution in [2.75, 3.05) is 6.54 Å². The molecule has 5 heteroatoms. The summed E-state index contributed by atoms with van der Waals surface area (Å²) >= 11 is 0. The molecule has 5 nitrogen and oxygen atoms in total. The molecule has 2 unspecified atom stereocenters. The van der Waals surface area contributed by atoms with Crippen LogP contribution in [0.3, 0.4) is 0 Å². The van der Waals surface area contributed by atoms with E-state index in [2.05, 4.69) is 10.6 Å². The third-order valence-electron chi connectivity index (χ3n) is 2.35. The van der Waals surface area contributed by atoms with Crippen LogP contribution in [0.4, 0.5) is 4.79 Å². The van der Waals surface area contributed by atoms with Crippen molar-refractivity contribution in [3.63, 3.8) is 0 Å². The molecule has 2 amide bonds. The molecule has 88 valence electrons. The van der Waals surface area contributed by atoms with Crippen molar-refractivity contribution < 1.29 is 14.7 Å². The molecule has 15 heavy (non-hydrogen) atoms. The first-order chi connectivity index (χ1) is 6.84. The Balaban J connectivity index is 3.80. The average molecular weight is 216 g/mol. The van der Waals surface area contributed by atoms with Crippen LogP contribution in [0.2, 0.25) is 0 Å². The van der Waals surface area contributed by atoms with Gasteiger partial charge in [-0.1, -0.05) is 20.8 Å². The highest BCUT2D eigenvalue weighted by Crippen LogP contribution is 1.99. The zero-order valence-electron chi connectivity index (χ0n) is 9.70. The Morgan fingerprint density at radius 2 is 1.73 bits per heavy atom. The monoisotopic (exact) mass is 216 g/mol. The van der Waals surface area contributed by atoms with Gasteiger partial charge in [-0.3, -0.25) is 4.79 Å². The van der Waals surface area contributed by atoms with Gasteiger partial charge in [-0.15, -0.1) is 0 Å². The van der Waals surface area contributed by atoms with E-state index in [1.807, 2.05) is 20.8 Å². The van der Waals surface area contributed by atoms with Crippen LogP contribution in [0.15, 0.2) is 0 Å². The molecule has 0 fully saturated rings. The minimum atomic E-state index is -0.910. The number of amides is 2. The normalized spacial score (nSPS) is 14.5. The van der Waals surface area contributed by atoms with Crippen LogP contribution in [0, 0.1) is 11.8 Å². The second-order valence-electron chi connectivity index (χ2n) is 4.13. The summed E-state index contributed by atoms with van der Waals surface area (Å²) in [6, 6.07) is -0.241. The van der Waals surface area contributed by atoms with Crippen molar-refractivity contribution in [1.82, 2.24) is 10.6 Å². The Labute approximate surface area is 90.2 Å². The molecule has 0 rings (SSSR count). The fourth-order valence-corrected chi connectivity index (χ4v) is 0.758. The van der Waals surface area contributed by atoms with Gasteiger partial charge in [-0.05, 0) is 12.8 Å². The summed E-state index contributed by atoms with van der Waals surface area (Å²) < 4.78 is 0. The maximum absolute atomic E-state index is 11.3. The van der Waals surface area contributed by atoms with Crippen LogP contribution in [0.5, 0.6) is 0 Å². The standard InChI is InChI=1S/C10H20N2O3/c1-6(2)8(4)12-10(15)11-5-7(3)9(13)14/h6-8H,5H2,1-4H3,(H,13,14)(H2,11,12,15). The Hall–Kier alpha value is -1.26. The number of carbonyl (C=O) groups excluding carboxylic acids is 1. The van der Waals surface area contributed by atoms with E-state index in [1.165, 1.54) is 0 Å². The van der Waals surface area contributed by atoms with Crippen LogP contribution >= 0.6 is 0 Å². The zero-order chi connectivity index (χ0) is 12.0. The second-order valence-corrected chi connectivity index (χ2v) is 4.13.